The Balaban J connectivity index is 2.00. The lowest BCUT2D eigenvalue weighted by molar-refractivity contribution is -0.127. The van der Waals surface area contributed by atoms with Crippen molar-refractivity contribution in [1.82, 2.24) is 4.90 Å². The molecule has 2 unspecified atom stereocenters. The lowest BCUT2D eigenvalue weighted by atomic mass is 10.2. The summed E-state index contributed by atoms with van der Waals surface area (Å²) in [6, 6.07) is 9.67. The van der Waals surface area contributed by atoms with Gasteiger partial charge in [-0.1, -0.05) is 18.2 Å². The number of carbonyl (C=O) groups is 1. The molecule has 2 rings (SSSR count). The minimum atomic E-state index is -4.65. The highest BCUT2D eigenvalue weighted by atomic mass is 32.3. The average molecular weight is 314 g/mol. The topological polar surface area (TPSA) is 57.7 Å². The van der Waals surface area contributed by atoms with Gasteiger partial charge in [-0.2, -0.15) is 8.42 Å². The van der Waals surface area contributed by atoms with E-state index in [1.807, 2.05) is 49.2 Å². The van der Waals surface area contributed by atoms with Crippen molar-refractivity contribution in [2.75, 3.05) is 25.0 Å². The fourth-order valence-electron chi connectivity index (χ4n) is 2.46. The summed E-state index contributed by atoms with van der Waals surface area (Å²) in [4.78, 5) is 15.2. The van der Waals surface area contributed by atoms with Gasteiger partial charge in [-0.25, -0.2) is 0 Å². The molecule has 0 saturated carbocycles. The number of rotatable bonds is 5. The maximum Gasteiger partial charge on any atom is 0.307 e. The SMILES string of the molecule is CC(CN1CC(S(=O)(=O)F)CC1=O)N(C)c1ccccc1. The largest absolute Gasteiger partial charge is 0.370 e. The van der Waals surface area contributed by atoms with Crippen LogP contribution in [-0.2, 0) is 15.0 Å². The van der Waals surface area contributed by atoms with Crippen molar-refractivity contribution in [2.24, 2.45) is 0 Å². The van der Waals surface area contributed by atoms with Crippen molar-refractivity contribution in [1.29, 1.82) is 0 Å². The van der Waals surface area contributed by atoms with Gasteiger partial charge in [0.1, 0.15) is 5.25 Å². The first-order chi connectivity index (χ1) is 9.79. The zero-order valence-electron chi connectivity index (χ0n) is 12.1. The van der Waals surface area contributed by atoms with Crippen molar-refractivity contribution in [2.45, 2.75) is 24.6 Å². The van der Waals surface area contributed by atoms with Crippen LogP contribution in [0.25, 0.3) is 0 Å². The lowest BCUT2D eigenvalue weighted by Gasteiger charge is -2.30. The van der Waals surface area contributed by atoms with Crippen LogP contribution in [0.1, 0.15) is 13.3 Å². The van der Waals surface area contributed by atoms with Gasteiger partial charge in [0.25, 0.3) is 0 Å². The molecule has 0 aromatic heterocycles. The van der Waals surface area contributed by atoms with Gasteiger partial charge >= 0.3 is 10.2 Å². The second kappa shape index (κ2) is 6.01. The van der Waals surface area contributed by atoms with Crippen molar-refractivity contribution >= 4 is 21.8 Å². The molecule has 1 fully saturated rings. The van der Waals surface area contributed by atoms with Crippen LogP contribution in [0.5, 0.6) is 0 Å². The second-order valence-electron chi connectivity index (χ2n) is 5.40. The van der Waals surface area contributed by atoms with Gasteiger partial charge in [0.05, 0.1) is 0 Å². The summed E-state index contributed by atoms with van der Waals surface area (Å²) in [5, 5.41) is -1.22. The highest BCUT2D eigenvalue weighted by molar-refractivity contribution is 7.87. The maximum absolute atomic E-state index is 13.0. The highest BCUT2D eigenvalue weighted by Crippen LogP contribution is 2.21. The molecule has 0 spiro atoms. The van der Waals surface area contributed by atoms with E-state index >= 15 is 0 Å². The Morgan fingerprint density at radius 1 is 1.38 bits per heavy atom. The Kier molecular flexibility index (Phi) is 4.51. The number of nitrogens with zero attached hydrogens (tertiary/aromatic N) is 2. The first-order valence-corrected chi connectivity index (χ1v) is 8.23. The first-order valence-electron chi connectivity index (χ1n) is 6.78. The van der Waals surface area contributed by atoms with Crippen LogP contribution in [0, 0.1) is 0 Å². The molecule has 116 valence electrons. The normalized spacial score (nSPS) is 20.6. The average Bonchev–Trinajstić information content (AvgIpc) is 2.80. The minimum absolute atomic E-state index is 0.00239. The summed E-state index contributed by atoms with van der Waals surface area (Å²) in [5.74, 6) is -0.311. The van der Waals surface area contributed by atoms with Gasteiger partial charge in [-0.3, -0.25) is 4.79 Å². The van der Waals surface area contributed by atoms with Crippen LogP contribution < -0.4 is 4.90 Å². The van der Waals surface area contributed by atoms with E-state index in [1.54, 1.807) is 0 Å². The zero-order chi connectivity index (χ0) is 15.6. The van der Waals surface area contributed by atoms with E-state index in [1.165, 1.54) is 4.90 Å². The molecule has 2 atom stereocenters. The molecular weight excluding hydrogens is 295 g/mol. The Morgan fingerprint density at radius 2 is 2.00 bits per heavy atom. The third kappa shape index (κ3) is 3.72. The zero-order valence-corrected chi connectivity index (χ0v) is 12.9. The second-order valence-corrected chi connectivity index (χ2v) is 7.01. The summed E-state index contributed by atoms with van der Waals surface area (Å²) in [7, 11) is -2.75. The highest BCUT2D eigenvalue weighted by Gasteiger charge is 2.38. The third-order valence-corrected chi connectivity index (χ3v) is 5.00. The molecule has 1 aromatic carbocycles. The molecule has 1 aliphatic rings. The Bertz CT molecular complexity index is 606. The maximum atomic E-state index is 13.0. The number of hydrogen-bond acceptors (Lipinski definition) is 4. The molecule has 0 radical (unpaired) electrons. The molecule has 5 nitrogen and oxygen atoms in total. The van der Waals surface area contributed by atoms with Crippen molar-refractivity contribution in [3.8, 4) is 0 Å². The van der Waals surface area contributed by atoms with Crippen LogP contribution in [0.15, 0.2) is 30.3 Å². The van der Waals surface area contributed by atoms with E-state index in [2.05, 4.69) is 0 Å². The number of amides is 1. The summed E-state index contributed by atoms with van der Waals surface area (Å²) in [6.07, 6.45) is -0.263. The fraction of sp³-hybridized carbons (Fsp3) is 0.500. The number of likely N-dealkylation sites (tertiary alicyclic amines) is 1. The van der Waals surface area contributed by atoms with Crippen molar-refractivity contribution < 1.29 is 17.1 Å². The molecular formula is C14H19FN2O3S. The molecule has 1 amide bonds. The van der Waals surface area contributed by atoms with Crippen molar-refractivity contribution in [3.63, 3.8) is 0 Å². The smallest absolute Gasteiger partial charge is 0.307 e. The monoisotopic (exact) mass is 314 g/mol. The number of para-hydroxylation sites is 1. The number of halogens is 1. The van der Waals surface area contributed by atoms with E-state index in [-0.39, 0.29) is 24.9 Å². The molecule has 1 heterocycles. The predicted octanol–water partition coefficient (Wildman–Crippen LogP) is 1.41. The minimum Gasteiger partial charge on any atom is -0.370 e. The molecule has 0 aliphatic carbocycles. The number of benzene rings is 1. The van der Waals surface area contributed by atoms with Crippen LogP contribution in [0.4, 0.5) is 9.57 Å². The van der Waals surface area contributed by atoms with Gasteiger partial charge in [-0.05, 0) is 19.1 Å². The standard InChI is InChI=1S/C14H19FN2O3S/c1-11(16(2)12-6-4-3-5-7-12)9-17-10-13(8-14(17)18)21(15,19)20/h3-7,11,13H,8-10H2,1-2H3. The molecule has 1 aromatic rings. The summed E-state index contributed by atoms with van der Waals surface area (Å²) < 4.78 is 34.8. The van der Waals surface area contributed by atoms with Crippen LogP contribution in [0.3, 0.4) is 0 Å². The predicted molar refractivity (Wildman–Crippen MR) is 79.3 cm³/mol. The van der Waals surface area contributed by atoms with Crippen LogP contribution >= 0.6 is 0 Å². The van der Waals surface area contributed by atoms with Crippen molar-refractivity contribution in [3.05, 3.63) is 30.3 Å². The Hall–Kier alpha value is -1.63. The first kappa shape index (κ1) is 15.8. The van der Waals surface area contributed by atoms with E-state index in [9.17, 15) is 17.1 Å². The van der Waals surface area contributed by atoms with Crippen LogP contribution in [-0.4, -0.2) is 50.7 Å². The Labute approximate surface area is 124 Å². The van der Waals surface area contributed by atoms with Gasteiger partial charge in [0.2, 0.25) is 5.91 Å². The molecule has 21 heavy (non-hydrogen) atoms. The van der Waals surface area contributed by atoms with Gasteiger partial charge in [0.15, 0.2) is 0 Å². The molecule has 0 bridgehead atoms. The van der Waals surface area contributed by atoms with E-state index in [0.29, 0.717) is 6.54 Å². The van der Waals surface area contributed by atoms with E-state index < -0.39 is 15.5 Å². The number of hydrogen-bond donors (Lipinski definition) is 0. The van der Waals surface area contributed by atoms with Gasteiger partial charge in [0, 0.05) is 38.3 Å². The quantitative estimate of drug-likeness (QED) is 0.771. The molecule has 0 N–H and O–H groups in total. The van der Waals surface area contributed by atoms with Gasteiger partial charge in [-0.15, -0.1) is 3.89 Å². The summed E-state index contributed by atoms with van der Waals surface area (Å²) >= 11 is 0. The molecule has 1 aliphatic heterocycles. The lowest BCUT2D eigenvalue weighted by Crippen LogP contribution is -2.41. The van der Waals surface area contributed by atoms with E-state index in [0.717, 1.165) is 5.69 Å². The van der Waals surface area contributed by atoms with Crippen LogP contribution in [0.2, 0.25) is 0 Å². The Morgan fingerprint density at radius 3 is 2.52 bits per heavy atom. The fourth-order valence-corrected chi connectivity index (χ4v) is 3.16. The molecule has 1 saturated heterocycles. The summed E-state index contributed by atoms with van der Waals surface area (Å²) in [6.45, 7) is 2.25. The number of carbonyl (C=O) groups excluding carboxylic acids is 1. The number of likely N-dealkylation sites (N-methyl/N-ethyl adjacent to an activating group) is 1. The third-order valence-electron chi connectivity index (χ3n) is 3.89. The molecule has 7 heteroatoms. The van der Waals surface area contributed by atoms with Gasteiger partial charge < -0.3 is 9.80 Å². The number of anilines is 1. The van der Waals surface area contributed by atoms with E-state index in [4.69, 9.17) is 0 Å². The summed E-state index contributed by atoms with van der Waals surface area (Å²) in [5.41, 5.74) is 1.01.